The third-order valence-corrected chi connectivity index (χ3v) is 9.08. The van der Waals surface area contributed by atoms with Crippen LogP contribution in [0.4, 0.5) is 15.8 Å². The number of carbonyl (C=O) groups excluding carboxylic acids is 1. The zero-order valence-electron chi connectivity index (χ0n) is 26.3. The first kappa shape index (κ1) is 30.3. The lowest BCUT2D eigenvalue weighted by molar-refractivity contribution is -0.121. The largest absolute Gasteiger partial charge is 0.497 e. The Kier molecular flexibility index (Phi) is 8.05. The molecule has 1 fully saturated rings. The van der Waals surface area contributed by atoms with Gasteiger partial charge in [0.1, 0.15) is 28.8 Å². The quantitative estimate of drug-likeness (QED) is 0.204. The Morgan fingerprint density at radius 3 is 2.57 bits per heavy atom. The van der Waals surface area contributed by atoms with Crippen molar-refractivity contribution in [2.45, 2.75) is 25.0 Å². The van der Waals surface area contributed by atoms with E-state index in [-0.39, 0.29) is 36.4 Å². The van der Waals surface area contributed by atoms with Gasteiger partial charge in [-0.2, -0.15) is 5.26 Å². The number of nitriles is 1. The topological polar surface area (TPSA) is 104 Å². The van der Waals surface area contributed by atoms with Crippen molar-refractivity contribution in [3.05, 3.63) is 84.4 Å². The maximum atomic E-state index is 16.6. The normalized spacial score (nSPS) is 17.8. The Morgan fingerprint density at radius 2 is 1.81 bits per heavy atom. The first-order valence-electron chi connectivity index (χ1n) is 15.3. The summed E-state index contributed by atoms with van der Waals surface area (Å²) in [4.78, 5) is 28.8. The zero-order valence-corrected chi connectivity index (χ0v) is 26.3. The predicted octanol–water partition coefficient (Wildman–Crippen LogP) is 5.53. The van der Waals surface area contributed by atoms with Crippen molar-refractivity contribution >= 4 is 39.0 Å². The average molecular weight is 633 g/mol. The van der Waals surface area contributed by atoms with Gasteiger partial charge in [0.2, 0.25) is 0 Å². The van der Waals surface area contributed by atoms with Gasteiger partial charge in [0, 0.05) is 57.0 Å². The van der Waals surface area contributed by atoms with Crippen molar-refractivity contribution in [1.29, 1.82) is 5.26 Å². The number of aromatic nitrogens is 2. The molecule has 0 radical (unpaired) electrons. The molecule has 0 aliphatic carbocycles. The van der Waals surface area contributed by atoms with E-state index in [2.05, 4.69) is 20.9 Å². The monoisotopic (exact) mass is 632 g/mol. The number of rotatable bonds is 8. The standard InChI is InChI=1S/C36H33FN6O4/c1-41-30-17-40-34-29(16-39-33(32(34)37)28-15-26(47-21-45-2)14-23-6-4-5-7-27(23)28)35(30)43-19-24(12-13-38)42(20-31(43)36(41)44)18-22-8-10-25(46-3)11-9-22/h4-11,14-17,24,31H,12,18-21H2,1-3H3. The number of fused-ring (bicyclic) bond motifs is 6. The summed E-state index contributed by atoms with van der Waals surface area (Å²) in [6, 6.07) is 20.7. The lowest BCUT2D eigenvalue weighted by Crippen LogP contribution is -2.65. The molecule has 238 valence electrons. The lowest BCUT2D eigenvalue weighted by atomic mass is 9.96. The number of methoxy groups -OCH3 is 2. The summed E-state index contributed by atoms with van der Waals surface area (Å²) in [5.41, 5.74) is 3.19. The molecular weight excluding hydrogens is 599 g/mol. The number of carbonyl (C=O) groups is 1. The summed E-state index contributed by atoms with van der Waals surface area (Å²) in [6.45, 7) is 1.43. The highest BCUT2D eigenvalue weighted by molar-refractivity contribution is 6.12. The van der Waals surface area contributed by atoms with Gasteiger partial charge in [0.05, 0.1) is 37.2 Å². The number of ether oxygens (including phenoxy) is 3. The third kappa shape index (κ3) is 5.35. The van der Waals surface area contributed by atoms with Crippen LogP contribution < -0.4 is 19.3 Å². The minimum atomic E-state index is -0.567. The van der Waals surface area contributed by atoms with E-state index >= 15 is 4.39 Å². The molecule has 4 heterocycles. The molecule has 7 rings (SSSR count). The van der Waals surface area contributed by atoms with Crippen LogP contribution in [0.1, 0.15) is 12.0 Å². The molecule has 1 saturated heterocycles. The number of piperazine rings is 1. The molecule has 2 aliphatic heterocycles. The van der Waals surface area contributed by atoms with E-state index in [0.29, 0.717) is 47.7 Å². The molecule has 2 unspecified atom stereocenters. The number of hydrogen-bond donors (Lipinski definition) is 0. The Balaban J connectivity index is 1.31. The van der Waals surface area contributed by atoms with Gasteiger partial charge in [-0.05, 0) is 40.6 Å². The number of likely N-dealkylation sites (N-methyl/N-ethyl adjacent to an activating group) is 1. The second kappa shape index (κ2) is 12.5. The van der Waals surface area contributed by atoms with Gasteiger partial charge in [0.15, 0.2) is 12.6 Å². The van der Waals surface area contributed by atoms with Gasteiger partial charge in [0.25, 0.3) is 5.91 Å². The number of anilines is 2. The highest BCUT2D eigenvalue weighted by atomic mass is 19.1. The second-order valence-electron chi connectivity index (χ2n) is 11.8. The van der Waals surface area contributed by atoms with Crippen LogP contribution in [0.5, 0.6) is 11.5 Å². The fourth-order valence-corrected chi connectivity index (χ4v) is 6.72. The Hall–Kier alpha value is -5.31. The van der Waals surface area contributed by atoms with E-state index in [1.165, 1.54) is 7.11 Å². The fourth-order valence-electron chi connectivity index (χ4n) is 6.72. The van der Waals surface area contributed by atoms with E-state index < -0.39 is 11.9 Å². The molecule has 2 aromatic heterocycles. The molecule has 11 heteroatoms. The fraction of sp³-hybridized carbons (Fsp3) is 0.278. The van der Waals surface area contributed by atoms with E-state index in [9.17, 15) is 10.1 Å². The second-order valence-corrected chi connectivity index (χ2v) is 11.8. The van der Waals surface area contributed by atoms with Crippen LogP contribution in [0, 0.1) is 17.1 Å². The maximum absolute atomic E-state index is 16.6. The average Bonchev–Trinajstić information content (AvgIpc) is 3.10. The predicted molar refractivity (Wildman–Crippen MR) is 177 cm³/mol. The summed E-state index contributed by atoms with van der Waals surface area (Å²) in [6.07, 6.45) is 3.46. The molecule has 3 aromatic carbocycles. The molecule has 0 bridgehead atoms. The van der Waals surface area contributed by atoms with Crippen LogP contribution in [0.15, 0.2) is 73.1 Å². The Labute approximate surface area is 271 Å². The van der Waals surface area contributed by atoms with Crippen molar-refractivity contribution in [1.82, 2.24) is 14.9 Å². The number of hydrogen-bond acceptors (Lipinski definition) is 9. The highest BCUT2D eigenvalue weighted by Gasteiger charge is 2.44. The van der Waals surface area contributed by atoms with Crippen LogP contribution in [-0.4, -0.2) is 74.0 Å². The Bertz CT molecular complexity index is 2030. The molecule has 5 aromatic rings. The van der Waals surface area contributed by atoms with Crippen LogP contribution in [0.3, 0.4) is 0 Å². The minimum absolute atomic E-state index is 0.0483. The number of halogens is 1. The molecule has 0 spiro atoms. The molecule has 2 atom stereocenters. The van der Waals surface area contributed by atoms with Gasteiger partial charge >= 0.3 is 0 Å². The van der Waals surface area contributed by atoms with Gasteiger partial charge in [-0.15, -0.1) is 0 Å². The van der Waals surface area contributed by atoms with Gasteiger partial charge in [-0.25, -0.2) is 4.39 Å². The van der Waals surface area contributed by atoms with Gasteiger partial charge in [-0.1, -0.05) is 36.4 Å². The maximum Gasteiger partial charge on any atom is 0.250 e. The number of nitrogens with zero attached hydrogens (tertiary/aromatic N) is 6. The van der Waals surface area contributed by atoms with E-state index in [4.69, 9.17) is 14.2 Å². The van der Waals surface area contributed by atoms with Crippen LogP contribution in [0.2, 0.25) is 0 Å². The minimum Gasteiger partial charge on any atom is -0.497 e. The number of benzene rings is 3. The van der Waals surface area contributed by atoms with E-state index in [1.807, 2.05) is 59.5 Å². The lowest BCUT2D eigenvalue weighted by Gasteiger charge is -2.50. The van der Waals surface area contributed by atoms with E-state index in [1.54, 1.807) is 37.5 Å². The van der Waals surface area contributed by atoms with Crippen LogP contribution in [-0.2, 0) is 16.1 Å². The summed E-state index contributed by atoms with van der Waals surface area (Å²) in [5.74, 6) is 0.636. The molecule has 47 heavy (non-hydrogen) atoms. The van der Waals surface area contributed by atoms with Gasteiger partial charge < -0.3 is 24.0 Å². The van der Waals surface area contributed by atoms with E-state index in [0.717, 1.165) is 22.1 Å². The number of amides is 1. The molecule has 1 amide bonds. The van der Waals surface area contributed by atoms with Crippen LogP contribution in [0.25, 0.3) is 32.9 Å². The summed E-state index contributed by atoms with van der Waals surface area (Å²) in [7, 11) is 4.88. The zero-order chi connectivity index (χ0) is 32.7. The van der Waals surface area contributed by atoms with Crippen molar-refractivity contribution < 1.29 is 23.4 Å². The van der Waals surface area contributed by atoms with Crippen LogP contribution >= 0.6 is 0 Å². The molecule has 0 saturated carbocycles. The summed E-state index contributed by atoms with van der Waals surface area (Å²) >= 11 is 0. The van der Waals surface area contributed by atoms with Crippen molar-refractivity contribution in [3.63, 3.8) is 0 Å². The number of pyridine rings is 2. The van der Waals surface area contributed by atoms with Crippen molar-refractivity contribution in [2.24, 2.45) is 0 Å². The Morgan fingerprint density at radius 1 is 1.00 bits per heavy atom. The van der Waals surface area contributed by atoms with Crippen molar-refractivity contribution in [2.75, 3.05) is 50.9 Å². The molecular formula is C36H33FN6O4. The SMILES string of the molecule is COCOc1cc(-c2ncc3c4c(cnc3c2F)N(C)C(=O)C2CN(Cc3ccc(OC)cc3)C(CC#N)CN42)c2ccccc2c1. The smallest absolute Gasteiger partial charge is 0.250 e. The van der Waals surface area contributed by atoms with Gasteiger partial charge in [-0.3, -0.25) is 19.7 Å². The first-order valence-corrected chi connectivity index (χ1v) is 15.3. The summed E-state index contributed by atoms with van der Waals surface area (Å²) < 4.78 is 32.8. The summed E-state index contributed by atoms with van der Waals surface area (Å²) in [5, 5.41) is 12.0. The highest BCUT2D eigenvalue weighted by Crippen LogP contribution is 2.44. The third-order valence-electron chi connectivity index (χ3n) is 9.08. The molecule has 0 N–H and O–H groups in total. The molecule has 10 nitrogen and oxygen atoms in total. The van der Waals surface area contributed by atoms with Crippen molar-refractivity contribution in [3.8, 4) is 28.8 Å². The first-order chi connectivity index (χ1) is 22.9. The molecule has 2 aliphatic rings.